The topological polar surface area (TPSA) is 35.2 Å². The predicted molar refractivity (Wildman–Crippen MR) is 87.6 cm³/mol. The highest BCUT2D eigenvalue weighted by atomic mass is 79.9. The lowest BCUT2D eigenvalue weighted by Gasteiger charge is -2.15. The van der Waals surface area contributed by atoms with E-state index in [1.165, 1.54) is 6.07 Å². The zero-order chi connectivity index (χ0) is 15.4. The minimum absolute atomic E-state index is 0.0144. The summed E-state index contributed by atoms with van der Waals surface area (Å²) in [6, 6.07) is 9.95. The molecule has 0 heterocycles. The van der Waals surface area contributed by atoms with Crippen LogP contribution in [-0.2, 0) is 6.42 Å². The Bertz CT molecular complexity index is 636. The van der Waals surface area contributed by atoms with Crippen molar-refractivity contribution in [2.45, 2.75) is 25.8 Å². The molecule has 0 amide bonds. The molecule has 2 aromatic rings. The highest BCUT2D eigenvalue weighted by molar-refractivity contribution is 9.10. The Morgan fingerprint density at radius 1 is 1.24 bits per heavy atom. The maximum absolute atomic E-state index is 13.9. The Labute approximate surface area is 137 Å². The fourth-order valence-corrected chi connectivity index (χ4v) is 2.44. The zero-order valence-electron chi connectivity index (χ0n) is 11.6. The Hall–Kier alpha value is -1.10. The van der Waals surface area contributed by atoms with Crippen LogP contribution in [-0.4, -0.2) is 6.04 Å². The van der Waals surface area contributed by atoms with Crippen molar-refractivity contribution < 1.29 is 9.13 Å². The maximum Gasteiger partial charge on any atom is 0.166 e. The quantitative estimate of drug-likeness (QED) is 0.771. The lowest BCUT2D eigenvalue weighted by molar-refractivity contribution is 0.435. The molecule has 0 bridgehead atoms. The first-order valence-electron chi connectivity index (χ1n) is 6.66. The van der Waals surface area contributed by atoms with Crippen LogP contribution >= 0.6 is 27.5 Å². The molecule has 1 atom stereocenters. The van der Waals surface area contributed by atoms with Crippen molar-refractivity contribution in [3.63, 3.8) is 0 Å². The van der Waals surface area contributed by atoms with E-state index in [2.05, 4.69) is 15.9 Å². The van der Waals surface area contributed by atoms with Gasteiger partial charge >= 0.3 is 0 Å². The summed E-state index contributed by atoms with van der Waals surface area (Å²) in [5.41, 5.74) is 6.86. The van der Waals surface area contributed by atoms with E-state index in [0.29, 0.717) is 21.7 Å². The summed E-state index contributed by atoms with van der Waals surface area (Å²) in [5.74, 6) is 0.321. The van der Waals surface area contributed by atoms with Crippen molar-refractivity contribution >= 4 is 27.5 Å². The summed E-state index contributed by atoms with van der Waals surface area (Å²) in [6.07, 6.45) is 1.48. The summed E-state index contributed by atoms with van der Waals surface area (Å²) < 4.78 is 20.2. The van der Waals surface area contributed by atoms with Crippen molar-refractivity contribution in [1.82, 2.24) is 0 Å². The van der Waals surface area contributed by atoms with Crippen LogP contribution in [0.25, 0.3) is 0 Å². The van der Waals surface area contributed by atoms with Gasteiger partial charge in [-0.15, -0.1) is 0 Å². The molecular weight excluding hydrogens is 357 g/mol. The maximum atomic E-state index is 13.9. The molecule has 2 N–H and O–H groups in total. The molecule has 0 aliphatic carbocycles. The Kier molecular flexibility index (Phi) is 5.62. The van der Waals surface area contributed by atoms with Crippen LogP contribution in [0.1, 0.15) is 18.9 Å². The second kappa shape index (κ2) is 7.25. The highest BCUT2D eigenvalue weighted by Crippen LogP contribution is 2.31. The van der Waals surface area contributed by atoms with E-state index in [1.807, 2.05) is 13.0 Å². The Morgan fingerprint density at radius 2 is 1.95 bits per heavy atom. The Morgan fingerprint density at radius 3 is 2.62 bits per heavy atom. The molecule has 0 fully saturated rings. The predicted octanol–water partition coefficient (Wildman–Crippen LogP) is 5.31. The summed E-state index contributed by atoms with van der Waals surface area (Å²) >= 11 is 9.24. The first-order chi connectivity index (χ1) is 9.99. The molecule has 5 heteroatoms. The van der Waals surface area contributed by atoms with Crippen LogP contribution < -0.4 is 10.5 Å². The lowest BCUT2D eigenvalue weighted by Crippen LogP contribution is -2.21. The van der Waals surface area contributed by atoms with Crippen molar-refractivity contribution in [1.29, 1.82) is 0 Å². The average molecular weight is 373 g/mol. The molecule has 112 valence electrons. The van der Waals surface area contributed by atoms with Gasteiger partial charge in [0.2, 0.25) is 0 Å². The van der Waals surface area contributed by atoms with Crippen LogP contribution in [0.3, 0.4) is 0 Å². The van der Waals surface area contributed by atoms with Crippen LogP contribution in [0.15, 0.2) is 40.9 Å². The number of hydrogen-bond donors (Lipinski definition) is 1. The number of benzene rings is 2. The van der Waals surface area contributed by atoms with Crippen LogP contribution in [0.5, 0.6) is 11.5 Å². The van der Waals surface area contributed by atoms with Gasteiger partial charge in [-0.25, -0.2) is 4.39 Å². The van der Waals surface area contributed by atoms with Gasteiger partial charge in [-0.1, -0.05) is 34.5 Å². The van der Waals surface area contributed by atoms with Crippen molar-refractivity contribution in [2.24, 2.45) is 5.73 Å². The van der Waals surface area contributed by atoms with E-state index < -0.39 is 5.82 Å². The molecule has 0 saturated heterocycles. The van der Waals surface area contributed by atoms with Crippen molar-refractivity contribution in [2.75, 3.05) is 0 Å². The second-order valence-electron chi connectivity index (χ2n) is 4.80. The minimum atomic E-state index is -0.426. The molecule has 0 radical (unpaired) electrons. The molecule has 2 nitrogen and oxygen atoms in total. The normalized spacial score (nSPS) is 12.2. The fourth-order valence-electron chi connectivity index (χ4n) is 1.91. The van der Waals surface area contributed by atoms with Gasteiger partial charge in [-0.3, -0.25) is 0 Å². The van der Waals surface area contributed by atoms with Gasteiger partial charge in [-0.2, -0.15) is 0 Å². The third kappa shape index (κ3) is 4.43. The molecule has 0 aromatic heterocycles. The largest absolute Gasteiger partial charge is 0.454 e. The third-order valence-corrected chi connectivity index (χ3v) is 3.87. The van der Waals surface area contributed by atoms with E-state index in [1.54, 1.807) is 24.3 Å². The summed E-state index contributed by atoms with van der Waals surface area (Å²) in [5, 5.41) is 0.608. The number of nitrogens with two attached hydrogens (primary N) is 1. The van der Waals surface area contributed by atoms with Crippen molar-refractivity contribution in [3.05, 3.63) is 57.3 Å². The van der Waals surface area contributed by atoms with E-state index in [4.69, 9.17) is 22.1 Å². The summed E-state index contributed by atoms with van der Waals surface area (Å²) in [6.45, 7) is 2.02. The average Bonchev–Trinajstić information content (AvgIpc) is 2.44. The molecule has 2 aromatic carbocycles. The monoisotopic (exact) mass is 371 g/mol. The van der Waals surface area contributed by atoms with Crippen LogP contribution in [0.4, 0.5) is 4.39 Å². The summed E-state index contributed by atoms with van der Waals surface area (Å²) in [4.78, 5) is 0. The molecule has 2 rings (SSSR count). The van der Waals surface area contributed by atoms with Gasteiger partial charge in [0.05, 0.1) is 0 Å². The second-order valence-corrected chi connectivity index (χ2v) is 6.15. The fraction of sp³-hybridized carbons (Fsp3) is 0.250. The molecule has 0 spiro atoms. The van der Waals surface area contributed by atoms with Crippen molar-refractivity contribution in [3.8, 4) is 11.5 Å². The van der Waals surface area contributed by atoms with E-state index in [0.717, 1.165) is 12.0 Å². The molecule has 21 heavy (non-hydrogen) atoms. The highest BCUT2D eigenvalue weighted by Gasteiger charge is 2.12. The molecule has 0 saturated carbocycles. The summed E-state index contributed by atoms with van der Waals surface area (Å²) in [7, 11) is 0. The van der Waals surface area contributed by atoms with Crippen LogP contribution in [0, 0.1) is 5.82 Å². The van der Waals surface area contributed by atoms with E-state index in [-0.39, 0.29) is 11.8 Å². The van der Waals surface area contributed by atoms with Gasteiger partial charge in [-0.05, 0) is 54.8 Å². The van der Waals surface area contributed by atoms with E-state index >= 15 is 0 Å². The smallest absolute Gasteiger partial charge is 0.166 e. The molecular formula is C16H16BrClFNO. The van der Waals surface area contributed by atoms with E-state index in [9.17, 15) is 4.39 Å². The number of halogens is 3. The van der Waals surface area contributed by atoms with Gasteiger partial charge in [0.25, 0.3) is 0 Å². The number of hydrogen-bond acceptors (Lipinski definition) is 2. The zero-order valence-corrected chi connectivity index (χ0v) is 13.9. The first-order valence-corrected chi connectivity index (χ1v) is 7.83. The van der Waals surface area contributed by atoms with Gasteiger partial charge in [0.15, 0.2) is 11.6 Å². The first kappa shape index (κ1) is 16.3. The minimum Gasteiger partial charge on any atom is -0.454 e. The lowest BCUT2D eigenvalue weighted by atomic mass is 10.0. The number of rotatable bonds is 5. The molecule has 1 unspecified atom stereocenters. The van der Waals surface area contributed by atoms with Gasteiger partial charge in [0.1, 0.15) is 5.75 Å². The Balaban J connectivity index is 2.30. The van der Waals surface area contributed by atoms with Gasteiger partial charge < -0.3 is 10.5 Å². The number of ether oxygens (including phenoxy) is 1. The SMILES string of the molecule is CCC(N)Cc1cc(Cl)ccc1Oc1ccc(Br)cc1F. The standard InChI is InChI=1S/C16H16BrClFNO/c1-2-13(20)8-10-7-12(18)4-6-15(10)21-16-5-3-11(17)9-14(16)19/h3-7,9,13H,2,8,20H2,1H3. The third-order valence-electron chi connectivity index (χ3n) is 3.14. The van der Waals surface area contributed by atoms with Crippen LogP contribution in [0.2, 0.25) is 5.02 Å². The van der Waals surface area contributed by atoms with Gasteiger partial charge in [0, 0.05) is 15.5 Å². The molecule has 0 aliphatic heterocycles. The molecule has 0 aliphatic rings.